The minimum absolute atomic E-state index is 0.141. The number of benzene rings is 1. The summed E-state index contributed by atoms with van der Waals surface area (Å²) in [4.78, 5) is 0. The molecule has 0 saturated heterocycles. The van der Waals surface area contributed by atoms with Gasteiger partial charge in [-0.15, -0.1) is 0 Å². The van der Waals surface area contributed by atoms with Gasteiger partial charge in [0.2, 0.25) is 0 Å². The largest absolute Gasteiger partial charge is 0.430 e. The van der Waals surface area contributed by atoms with Crippen molar-refractivity contribution in [2.75, 3.05) is 0 Å². The Kier molecular flexibility index (Phi) is 3.99. The Morgan fingerprint density at radius 2 is 1.69 bits per heavy atom. The van der Waals surface area contributed by atoms with Crippen molar-refractivity contribution in [2.24, 2.45) is 0 Å². The summed E-state index contributed by atoms with van der Waals surface area (Å²) in [6.07, 6.45) is -3.45. The van der Waals surface area contributed by atoms with Crippen molar-refractivity contribution < 1.29 is 13.2 Å². The van der Waals surface area contributed by atoms with E-state index in [2.05, 4.69) is 11.9 Å². The van der Waals surface area contributed by atoms with Gasteiger partial charge in [-0.3, -0.25) is 0 Å². The molecule has 0 bridgehead atoms. The predicted octanol–water partition coefficient (Wildman–Crippen LogP) is 3.41. The van der Waals surface area contributed by atoms with E-state index in [4.69, 9.17) is 0 Å². The molecule has 0 aliphatic carbocycles. The van der Waals surface area contributed by atoms with Crippen LogP contribution in [0.2, 0.25) is 0 Å². The molecule has 0 atom stereocenters. The van der Waals surface area contributed by atoms with Crippen molar-refractivity contribution in [1.82, 2.24) is 5.32 Å². The number of aryl methyl sites for hydroxylation is 1. The van der Waals surface area contributed by atoms with Crippen molar-refractivity contribution in [3.8, 4) is 0 Å². The standard InChI is InChI=1S/C12H14F3N/c1-3-10-4-6-11(7-5-10)8-16-9(2)12(13,14)15/h4-7,16H,2-3,8H2,1H3. The van der Waals surface area contributed by atoms with Crippen molar-refractivity contribution in [3.63, 3.8) is 0 Å². The van der Waals surface area contributed by atoms with E-state index in [1.807, 2.05) is 31.2 Å². The van der Waals surface area contributed by atoms with E-state index in [0.717, 1.165) is 12.0 Å². The maximum atomic E-state index is 12.1. The molecule has 0 spiro atoms. The highest BCUT2D eigenvalue weighted by Gasteiger charge is 2.31. The first kappa shape index (κ1) is 12.6. The summed E-state index contributed by atoms with van der Waals surface area (Å²) >= 11 is 0. The van der Waals surface area contributed by atoms with Gasteiger partial charge in [0.15, 0.2) is 0 Å². The number of rotatable bonds is 4. The zero-order valence-corrected chi connectivity index (χ0v) is 9.06. The molecule has 1 N–H and O–H groups in total. The smallest absolute Gasteiger partial charge is 0.377 e. The van der Waals surface area contributed by atoms with Gasteiger partial charge in [-0.25, -0.2) is 0 Å². The Bertz CT molecular complexity index is 352. The first-order valence-corrected chi connectivity index (χ1v) is 5.01. The zero-order chi connectivity index (χ0) is 12.2. The van der Waals surface area contributed by atoms with Crippen LogP contribution in [0.5, 0.6) is 0 Å². The van der Waals surface area contributed by atoms with Gasteiger partial charge in [0.25, 0.3) is 0 Å². The van der Waals surface area contributed by atoms with E-state index < -0.39 is 11.9 Å². The van der Waals surface area contributed by atoms with E-state index in [0.29, 0.717) is 0 Å². The minimum atomic E-state index is -4.37. The van der Waals surface area contributed by atoms with Crippen LogP contribution in [-0.4, -0.2) is 6.18 Å². The highest BCUT2D eigenvalue weighted by molar-refractivity contribution is 5.22. The first-order valence-electron chi connectivity index (χ1n) is 5.01. The van der Waals surface area contributed by atoms with Gasteiger partial charge in [-0.2, -0.15) is 13.2 Å². The summed E-state index contributed by atoms with van der Waals surface area (Å²) < 4.78 is 36.3. The SMILES string of the molecule is C=C(NCc1ccc(CC)cc1)C(F)(F)F. The molecule has 0 heterocycles. The second-order valence-corrected chi connectivity index (χ2v) is 3.50. The van der Waals surface area contributed by atoms with Gasteiger partial charge in [0.05, 0.1) is 0 Å². The Morgan fingerprint density at radius 3 is 2.12 bits per heavy atom. The van der Waals surface area contributed by atoms with Gasteiger partial charge in [-0.1, -0.05) is 37.8 Å². The molecule has 0 aliphatic rings. The van der Waals surface area contributed by atoms with Crippen molar-refractivity contribution >= 4 is 0 Å². The molecule has 0 aliphatic heterocycles. The number of allylic oxidation sites excluding steroid dienone is 1. The van der Waals surface area contributed by atoms with Crippen LogP contribution < -0.4 is 5.32 Å². The van der Waals surface area contributed by atoms with Gasteiger partial charge in [-0.05, 0) is 17.5 Å². The fourth-order valence-corrected chi connectivity index (χ4v) is 1.20. The molecule has 16 heavy (non-hydrogen) atoms. The molecular formula is C12H14F3N. The molecule has 0 unspecified atom stereocenters. The number of halogens is 3. The van der Waals surface area contributed by atoms with Crippen molar-refractivity contribution in [2.45, 2.75) is 26.1 Å². The average molecular weight is 229 g/mol. The van der Waals surface area contributed by atoms with Crippen LogP contribution in [0.25, 0.3) is 0 Å². The monoisotopic (exact) mass is 229 g/mol. The fraction of sp³-hybridized carbons (Fsp3) is 0.333. The molecular weight excluding hydrogens is 215 g/mol. The third-order valence-corrected chi connectivity index (χ3v) is 2.28. The molecule has 0 amide bonds. The van der Waals surface area contributed by atoms with Crippen LogP contribution in [0, 0.1) is 0 Å². The fourth-order valence-electron chi connectivity index (χ4n) is 1.20. The van der Waals surface area contributed by atoms with E-state index in [1.165, 1.54) is 5.56 Å². The van der Waals surface area contributed by atoms with E-state index >= 15 is 0 Å². The molecule has 0 fully saturated rings. The van der Waals surface area contributed by atoms with Crippen LogP contribution in [-0.2, 0) is 13.0 Å². The lowest BCUT2D eigenvalue weighted by Gasteiger charge is -2.12. The summed E-state index contributed by atoms with van der Waals surface area (Å²) in [6.45, 7) is 5.11. The number of hydrogen-bond donors (Lipinski definition) is 1. The molecule has 0 radical (unpaired) electrons. The van der Waals surface area contributed by atoms with E-state index in [-0.39, 0.29) is 6.54 Å². The first-order chi connectivity index (χ1) is 7.43. The van der Waals surface area contributed by atoms with Crippen molar-refractivity contribution in [1.29, 1.82) is 0 Å². The van der Waals surface area contributed by atoms with Gasteiger partial charge in [0, 0.05) is 6.54 Å². The van der Waals surface area contributed by atoms with Crippen LogP contribution in [0.4, 0.5) is 13.2 Å². The highest BCUT2D eigenvalue weighted by Crippen LogP contribution is 2.21. The molecule has 0 aromatic heterocycles. The Morgan fingerprint density at radius 1 is 1.19 bits per heavy atom. The number of nitrogens with one attached hydrogen (secondary N) is 1. The maximum Gasteiger partial charge on any atom is 0.430 e. The molecule has 0 saturated carbocycles. The molecule has 1 rings (SSSR count). The molecule has 88 valence electrons. The average Bonchev–Trinajstić information content (AvgIpc) is 2.25. The summed E-state index contributed by atoms with van der Waals surface area (Å²) in [5.74, 6) is 0. The van der Waals surface area contributed by atoms with E-state index in [1.54, 1.807) is 0 Å². The second kappa shape index (κ2) is 5.05. The minimum Gasteiger partial charge on any atom is -0.377 e. The Hall–Kier alpha value is -1.45. The maximum absolute atomic E-state index is 12.1. The lowest BCUT2D eigenvalue weighted by molar-refractivity contribution is -0.0964. The van der Waals surface area contributed by atoms with Crippen LogP contribution in [0.1, 0.15) is 18.1 Å². The Labute approximate surface area is 93.0 Å². The molecule has 1 nitrogen and oxygen atoms in total. The van der Waals surface area contributed by atoms with Gasteiger partial charge < -0.3 is 5.32 Å². The van der Waals surface area contributed by atoms with Crippen molar-refractivity contribution in [3.05, 3.63) is 47.7 Å². The quantitative estimate of drug-likeness (QED) is 0.834. The van der Waals surface area contributed by atoms with Gasteiger partial charge >= 0.3 is 6.18 Å². The summed E-state index contributed by atoms with van der Waals surface area (Å²) in [7, 11) is 0. The number of alkyl halides is 3. The van der Waals surface area contributed by atoms with Crippen LogP contribution >= 0.6 is 0 Å². The van der Waals surface area contributed by atoms with Gasteiger partial charge in [0.1, 0.15) is 5.70 Å². The highest BCUT2D eigenvalue weighted by atomic mass is 19.4. The topological polar surface area (TPSA) is 12.0 Å². The predicted molar refractivity (Wildman–Crippen MR) is 57.9 cm³/mol. The third-order valence-electron chi connectivity index (χ3n) is 2.28. The third kappa shape index (κ3) is 3.61. The normalized spacial score (nSPS) is 11.2. The summed E-state index contributed by atoms with van der Waals surface area (Å²) in [5.41, 5.74) is 1.06. The molecule has 4 heteroatoms. The second-order valence-electron chi connectivity index (χ2n) is 3.50. The zero-order valence-electron chi connectivity index (χ0n) is 9.06. The summed E-state index contributed by atoms with van der Waals surface area (Å²) in [6, 6.07) is 7.45. The van der Waals surface area contributed by atoms with Crippen LogP contribution in [0.3, 0.4) is 0 Å². The molecule has 1 aromatic carbocycles. The number of hydrogen-bond acceptors (Lipinski definition) is 1. The lowest BCUT2D eigenvalue weighted by Crippen LogP contribution is -2.24. The lowest BCUT2D eigenvalue weighted by atomic mass is 10.1. The van der Waals surface area contributed by atoms with Crippen LogP contribution in [0.15, 0.2) is 36.5 Å². The Balaban J connectivity index is 2.52. The molecule has 1 aromatic rings. The summed E-state index contributed by atoms with van der Waals surface area (Å²) in [5, 5.41) is 2.26. The van der Waals surface area contributed by atoms with E-state index in [9.17, 15) is 13.2 Å².